The number of methoxy groups -OCH3 is 2. The minimum Gasteiger partial charge on any atom is -0.497 e. The summed E-state index contributed by atoms with van der Waals surface area (Å²) in [6.07, 6.45) is 3.17. The summed E-state index contributed by atoms with van der Waals surface area (Å²) in [4.78, 5) is 25.3. The van der Waals surface area contributed by atoms with Gasteiger partial charge in [-0.3, -0.25) is 9.59 Å². The lowest BCUT2D eigenvalue weighted by Crippen LogP contribution is -2.28. The number of hydrogen-bond donors (Lipinski definition) is 1. The second-order valence-electron chi connectivity index (χ2n) is 6.72. The molecule has 1 amide bonds. The molecule has 2 heterocycles. The molecule has 31 heavy (non-hydrogen) atoms. The molecule has 0 spiro atoms. The van der Waals surface area contributed by atoms with Crippen LogP contribution in [0.15, 0.2) is 65.7 Å². The molecular formula is C22H19ClN4O4. The molecule has 0 bridgehead atoms. The van der Waals surface area contributed by atoms with Crippen LogP contribution < -0.4 is 20.3 Å². The van der Waals surface area contributed by atoms with Crippen LogP contribution in [-0.4, -0.2) is 34.3 Å². The molecule has 0 atom stereocenters. The van der Waals surface area contributed by atoms with Crippen molar-refractivity contribution in [2.75, 3.05) is 19.5 Å². The Morgan fingerprint density at radius 1 is 1.06 bits per heavy atom. The maximum Gasteiger partial charge on any atom is 0.277 e. The summed E-state index contributed by atoms with van der Waals surface area (Å²) in [6, 6.07) is 14.0. The number of hydrogen-bond acceptors (Lipinski definition) is 5. The second kappa shape index (κ2) is 8.53. The fraction of sp³-hybridized carbons (Fsp3) is 0.136. The van der Waals surface area contributed by atoms with Gasteiger partial charge >= 0.3 is 0 Å². The second-order valence-corrected chi connectivity index (χ2v) is 7.12. The minimum atomic E-state index is -0.359. The van der Waals surface area contributed by atoms with Gasteiger partial charge in [-0.1, -0.05) is 11.6 Å². The zero-order chi connectivity index (χ0) is 22.0. The van der Waals surface area contributed by atoms with Crippen LogP contribution in [0, 0.1) is 0 Å². The number of anilines is 1. The predicted octanol–water partition coefficient (Wildman–Crippen LogP) is 3.47. The molecule has 2 aromatic carbocycles. The third-order valence-electron chi connectivity index (χ3n) is 4.74. The maximum absolute atomic E-state index is 12.9. The molecule has 0 radical (unpaired) electrons. The lowest BCUT2D eigenvalue weighted by molar-refractivity contribution is -0.116. The molecule has 9 heteroatoms. The van der Waals surface area contributed by atoms with Crippen molar-refractivity contribution in [3.8, 4) is 22.8 Å². The molecule has 4 aromatic rings. The van der Waals surface area contributed by atoms with E-state index in [-0.39, 0.29) is 18.0 Å². The molecule has 1 N–H and O–H groups in total. The Hall–Kier alpha value is -3.78. The topological polar surface area (TPSA) is 86.9 Å². The van der Waals surface area contributed by atoms with Gasteiger partial charge in [0.05, 0.1) is 24.9 Å². The Labute approximate surface area is 182 Å². The normalized spacial score (nSPS) is 10.8. The molecule has 0 unspecified atom stereocenters. The minimum absolute atomic E-state index is 0.151. The Balaban J connectivity index is 1.55. The van der Waals surface area contributed by atoms with Crippen LogP contribution in [0.5, 0.6) is 11.5 Å². The van der Waals surface area contributed by atoms with E-state index in [1.807, 2.05) is 24.3 Å². The van der Waals surface area contributed by atoms with Gasteiger partial charge in [0.15, 0.2) is 0 Å². The van der Waals surface area contributed by atoms with Gasteiger partial charge < -0.3 is 19.4 Å². The van der Waals surface area contributed by atoms with E-state index in [4.69, 9.17) is 21.1 Å². The Morgan fingerprint density at radius 2 is 1.84 bits per heavy atom. The third kappa shape index (κ3) is 4.24. The fourth-order valence-corrected chi connectivity index (χ4v) is 3.41. The zero-order valence-electron chi connectivity index (χ0n) is 16.8. The highest BCUT2D eigenvalue weighted by atomic mass is 35.5. The zero-order valence-corrected chi connectivity index (χ0v) is 17.6. The van der Waals surface area contributed by atoms with Gasteiger partial charge in [-0.2, -0.15) is 5.10 Å². The van der Waals surface area contributed by atoms with Crippen LogP contribution >= 0.6 is 11.6 Å². The molecule has 0 fully saturated rings. The number of amides is 1. The van der Waals surface area contributed by atoms with Gasteiger partial charge in [0.1, 0.15) is 23.6 Å². The van der Waals surface area contributed by atoms with E-state index in [0.717, 1.165) is 11.3 Å². The van der Waals surface area contributed by atoms with E-state index < -0.39 is 0 Å². The van der Waals surface area contributed by atoms with E-state index in [1.54, 1.807) is 37.6 Å². The van der Waals surface area contributed by atoms with Crippen LogP contribution in [0.25, 0.3) is 16.8 Å². The first-order valence-electron chi connectivity index (χ1n) is 9.35. The number of carbonyl (C=O) groups excluding carboxylic acids is 1. The smallest absolute Gasteiger partial charge is 0.277 e. The van der Waals surface area contributed by atoms with Crippen molar-refractivity contribution < 1.29 is 14.3 Å². The number of benzene rings is 2. The van der Waals surface area contributed by atoms with E-state index >= 15 is 0 Å². The van der Waals surface area contributed by atoms with Crippen molar-refractivity contribution in [2.24, 2.45) is 0 Å². The predicted molar refractivity (Wildman–Crippen MR) is 118 cm³/mol. The summed E-state index contributed by atoms with van der Waals surface area (Å²) in [5.74, 6) is 0.885. The Kier molecular flexibility index (Phi) is 5.64. The van der Waals surface area contributed by atoms with Gasteiger partial charge in [0.25, 0.3) is 5.56 Å². The number of carbonyl (C=O) groups is 1. The molecule has 0 saturated heterocycles. The number of rotatable bonds is 6. The molecule has 0 aliphatic rings. The number of halogens is 1. The standard InChI is InChI=1S/C22H19ClN4O4/c1-30-16-6-3-14(4-7-16)18-12-19-22(29)26(9-10-27(19)25-18)13-21(28)24-15-5-8-20(31-2)17(23)11-15/h3-12H,13H2,1-2H3,(H,24,28). The molecule has 0 saturated carbocycles. The molecule has 0 aliphatic carbocycles. The van der Waals surface area contributed by atoms with Crippen molar-refractivity contribution in [3.63, 3.8) is 0 Å². The number of fused-ring (bicyclic) bond motifs is 1. The largest absolute Gasteiger partial charge is 0.497 e. The number of ether oxygens (including phenoxy) is 2. The summed E-state index contributed by atoms with van der Waals surface area (Å²) in [6.45, 7) is -0.151. The highest BCUT2D eigenvalue weighted by Gasteiger charge is 2.12. The van der Waals surface area contributed by atoms with Gasteiger partial charge in [0.2, 0.25) is 5.91 Å². The summed E-state index contributed by atoms with van der Waals surface area (Å²) in [7, 11) is 3.11. The number of nitrogens with one attached hydrogen (secondary N) is 1. The van der Waals surface area contributed by atoms with Crippen LogP contribution in [-0.2, 0) is 11.3 Å². The highest BCUT2D eigenvalue weighted by Crippen LogP contribution is 2.27. The van der Waals surface area contributed by atoms with E-state index in [0.29, 0.717) is 27.7 Å². The van der Waals surface area contributed by atoms with Crippen molar-refractivity contribution in [1.82, 2.24) is 14.2 Å². The van der Waals surface area contributed by atoms with Gasteiger partial charge in [-0.05, 0) is 48.5 Å². The monoisotopic (exact) mass is 438 g/mol. The average Bonchev–Trinajstić information content (AvgIpc) is 3.21. The van der Waals surface area contributed by atoms with Gasteiger partial charge in [0, 0.05) is 23.6 Å². The molecule has 2 aromatic heterocycles. The average molecular weight is 439 g/mol. The first-order chi connectivity index (χ1) is 15.0. The molecule has 8 nitrogen and oxygen atoms in total. The summed E-state index contributed by atoms with van der Waals surface area (Å²) in [5, 5.41) is 7.55. The third-order valence-corrected chi connectivity index (χ3v) is 5.03. The van der Waals surface area contributed by atoms with E-state index in [2.05, 4.69) is 10.4 Å². The van der Waals surface area contributed by atoms with Crippen molar-refractivity contribution in [2.45, 2.75) is 6.54 Å². The van der Waals surface area contributed by atoms with Crippen LogP contribution in [0.2, 0.25) is 5.02 Å². The molecule has 158 valence electrons. The molecule has 0 aliphatic heterocycles. The fourth-order valence-electron chi connectivity index (χ4n) is 3.15. The highest BCUT2D eigenvalue weighted by molar-refractivity contribution is 6.32. The Morgan fingerprint density at radius 3 is 2.52 bits per heavy atom. The number of nitrogens with zero attached hydrogens (tertiary/aromatic N) is 3. The van der Waals surface area contributed by atoms with Gasteiger partial charge in [-0.15, -0.1) is 0 Å². The van der Waals surface area contributed by atoms with Crippen LogP contribution in [0.3, 0.4) is 0 Å². The lowest BCUT2D eigenvalue weighted by Gasteiger charge is -2.09. The number of aromatic nitrogens is 3. The van der Waals surface area contributed by atoms with Crippen LogP contribution in [0.4, 0.5) is 5.69 Å². The van der Waals surface area contributed by atoms with Crippen molar-refractivity contribution in [3.05, 3.63) is 76.3 Å². The Bertz CT molecular complexity index is 1310. The van der Waals surface area contributed by atoms with Gasteiger partial charge in [-0.25, -0.2) is 4.52 Å². The summed E-state index contributed by atoms with van der Waals surface area (Å²) < 4.78 is 13.1. The maximum atomic E-state index is 12.9. The molecular weight excluding hydrogens is 420 g/mol. The van der Waals surface area contributed by atoms with Crippen molar-refractivity contribution >= 4 is 28.7 Å². The quantitative estimate of drug-likeness (QED) is 0.498. The van der Waals surface area contributed by atoms with Crippen molar-refractivity contribution in [1.29, 1.82) is 0 Å². The first kappa shape index (κ1) is 20.5. The van der Waals surface area contributed by atoms with Crippen LogP contribution in [0.1, 0.15) is 0 Å². The first-order valence-corrected chi connectivity index (χ1v) is 9.73. The van der Waals surface area contributed by atoms with E-state index in [1.165, 1.54) is 22.4 Å². The summed E-state index contributed by atoms with van der Waals surface area (Å²) >= 11 is 6.09. The lowest BCUT2D eigenvalue weighted by atomic mass is 10.1. The molecule has 4 rings (SSSR count). The van der Waals surface area contributed by atoms with E-state index in [9.17, 15) is 9.59 Å². The summed E-state index contributed by atoms with van der Waals surface area (Å²) in [5.41, 5.74) is 2.06. The SMILES string of the molecule is COc1ccc(-c2cc3c(=O)n(CC(=O)Nc4ccc(OC)c(Cl)c4)ccn3n2)cc1.